The van der Waals surface area contributed by atoms with Crippen LogP contribution in [0.2, 0.25) is 0 Å². The van der Waals surface area contributed by atoms with E-state index in [1.54, 1.807) is 6.07 Å². The lowest BCUT2D eigenvalue weighted by atomic mass is 10.2. The molecule has 0 saturated heterocycles. The van der Waals surface area contributed by atoms with Gasteiger partial charge in [-0.05, 0) is 55.8 Å². The number of hydrogen-bond acceptors (Lipinski definition) is 5. The second-order valence-corrected chi connectivity index (χ2v) is 5.55. The summed E-state index contributed by atoms with van der Waals surface area (Å²) in [7, 11) is 0. The first-order valence-corrected chi connectivity index (χ1v) is 8.72. The van der Waals surface area contributed by atoms with Gasteiger partial charge in [0.25, 0.3) is 5.91 Å². The van der Waals surface area contributed by atoms with Crippen LogP contribution in [0, 0.1) is 5.82 Å². The van der Waals surface area contributed by atoms with Crippen LogP contribution >= 0.6 is 0 Å². The van der Waals surface area contributed by atoms with E-state index in [1.165, 1.54) is 30.5 Å². The Hall–Kier alpha value is -3.09. The number of anilines is 1. The van der Waals surface area contributed by atoms with E-state index in [9.17, 15) is 9.18 Å². The fourth-order valence-corrected chi connectivity index (χ4v) is 2.13. The minimum atomic E-state index is -0.392. The van der Waals surface area contributed by atoms with Crippen LogP contribution in [-0.4, -0.2) is 31.9 Å². The number of nitrogens with zero attached hydrogens (tertiary/aromatic N) is 1. The van der Waals surface area contributed by atoms with Gasteiger partial charge in [0.15, 0.2) is 18.1 Å². The van der Waals surface area contributed by atoms with Gasteiger partial charge in [-0.1, -0.05) is 12.1 Å². The summed E-state index contributed by atoms with van der Waals surface area (Å²) in [4.78, 5) is 16.8. The van der Waals surface area contributed by atoms with E-state index >= 15 is 0 Å². The average Bonchev–Trinajstić information content (AvgIpc) is 2.66. The number of hydrogen-bond donors (Lipinski definition) is 1. The molecule has 0 unspecified atom stereocenters. The third kappa shape index (κ3) is 6.97. The van der Waals surface area contributed by atoms with Crippen LogP contribution in [0.25, 0.3) is 0 Å². The molecule has 2 aromatic carbocycles. The molecule has 0 aliphatic rings. The molecule has 1 amide bonds. The van der Waals surface area contributed by atoms with E-state index < -0.39 is 5.91 Å². The second kappa shape index (κ2) is 10.8. The van der Waals surface area contributed by atoms with Gasteiger partial charge < -0.3 is 19.6 Å². The Bertz CT molecular complexity index is 763. The Morgan fingerprint density at radius 3 is 2.59 bits per heavy atom. The van der Waals surface area contributed by atoms with Crippen molar-refractivity contribution in [2.75, 3.05) is 25.1 Å². The highest BCUT2D eigenvalue weighted by Gasteiger charge is 2.06. The van der Waals surface area contributed by atoms with Gasteiger partial charge in [0.2, 0.25) is 0 Å². The van der Waals surface area contributed by atoms with Crippen LogP contribution in [0.15, 0.2) is 47.6 Å². The Balaban J connectivity index is 1.86. The molecule has 0 spiro atoms. The summed E-state index contributed by atoms with van der Waals surface area (Å²) in [6.07, 6.45) is 2.39. The van der Waals surface area contributed by atoms with E-state index in [1.807, 2.05) is 26.0 Å². The standard InChI is InChI=1S/C20H23FN2O4/c1-3-11-26-18-10-5-15(12-19(18)25-4-2)13-22-27-14-20(24)23-17-8-6-16(21)7-9-17/h5-10,12-13H,3-4,11,14H2,1-2H3,(H,23,24)/b22-13+. The molecule has 1 N–H and O–H groups in total. The summed E-state index contributed by atoms with van der Waals surface area (Å²) >= 11 is 0. The summed E-state index contributed by atoms with van der Waals surface area (Å²) < 4.78 is 24.0. The number of oxime groups is 1. The fourth-order valence-electron chi connectivity index (χ4n) is 2.13. The van der Waals surface area contributed by atoms with Crippen molar-refractivity contribution in [3.8, 4) is 11.5 Å². The quantitative estimate of drug-likeness (QED) is 0.504. The zero-order valence-corrected chi connectivity index (χ0v) is 15.4. The lowest BCUT2D eigenvalue weighted by molar-refractivity contribution is -0.120. The maximum Gasteiger partial charge on any atom is 0.265 e. The maximum atomic E-state index is 12.8. The van der Waals surface area contributed by atoms with Crippen molar-refractivity contribution < 1.29 is 23.5 Å². The van der Waals surface area contributed by atoms with Crippen LogP contribution in [0.3, 0.4) is 0 Å². The van der Waals surface area contributed by atoms with E-state index in [-0.39, 0.29) is 12.4 Å². The van der Waals surface area contributed by atoms with E-state index in [0.29, 0.717) is 30.4 Å². The second-order valence-electron chi connectivity index (χ2n) is 5.55. The topological polar surface area (TPSA) is 69.2 Å². The van der Waals surface area contributed by atoms with Crippen LogP contribution in [0.5, 0.6) is 11.5 Å². The van der Waals surface area contributed by atoms with Crippen molar-refractivity contribution in [2.24, 2.45) is 5.16 Å². The van der Waals surface area contributed by atoms with Crippen LogP contribution in [0.1, 0.15) is 25.8 Å². The van der Waals surface area contributed by atoms with Crippen LogP contribution in [-0.2, 0) is 9.63 Å². The highest BCUT2D eigenvalue weighted by Crippen LogP contribution is 2.28. The number of halogens is 1. The van der Waals surface area contributed by atoms with Gasteiger partial charge in [0, 0.05) is 11.3 Å². The predicted molar refractivity (Wildman–Crippen MR) is 102 cm³/mol. The molecule has 0 fully saturated rings. The first-order chi connectivity index (χ1) is 13.1. The molecule has 2 aromatic rings. The maximum absolute atomic E-state index is 12.8. The van der Waals surface area contributed by atoms with Gasteiger partial charge in [0.1, 0.15) is 5.82 Å². The van der Waals surface area contributed by atoms with E-state index in [2.05, 4.69) is 10.5 Å². The van der Waals surface area contributed by atoms with Crippen LogP contribution < -0.4 is 14.8 Å². The smallest absolute Gasteiger partial charge is 0.265 e. The number of benzene rings is 2. The third-order valence-electron chi connectivity index (χ3n) is 3.33. The molecule has 0 bridgehead atoms. The monoisotopic (exact) mass is 374 g/mol. The minimum absolute atomic E-state index is 0.260. The van der Waals surface area contributed by atoms with Gasteiger partial charge >= 0.3 is 0 Å². The molecule has 0 atom stereocenters. The largest absolute Gasteiger partial charge is 0.490 e. The summed E-state index contributed by atoms with van der Waals surface area (Å²) in [5.74, 6) is 0.544. The minimum Gasteiger partial charge on any atom is -0.490 e. The predicted octanol–water partition coefficient (Wildman–Crippen LogP) is 4.00. The number of amides is 1. The molecule has 7 heteroatoms. The fraction of sp³-hybridized carbons (Fsp3) is 0.300. The highest BCUT2D eigenvalue weighted by atomic mass is 19.1. The van der Waals surface area contributed by atoms with Gasteiger partial charge in [-0.3, -0.25) is 4.79 Å². The zero-order valence-electron chi connectivity index (χ0n) is 15.4. The molecule has 0 heterocycles. The molecule has 144 valence electrons. The Kier molecular flexibility index (Phi) is 8.09. The first kappa shape index (κ1) is 20.2. The van der Waals surface area contributed by atoms with Gasteiger partial charge in [0.05, 0.1) is 19.4 Å². The molecule has 0 aliphatic carbocycles. The first-order valence-electron chi connectivity index (χ1n) is 8.72. The van der Waals surface area contributed by atoms with Gasteiger partial charge in [-0.15, -0.1) is 0 Å². The lowest BCUT2D eigenvalue weighted by Gasteiger charge is -2.11. The molecule has 2 rings (SSSR count). The van der Waals surface area contributed by atoms with E-state index in [4.69, 9.17) is 14.3 Å². The molecule has 0 aromatic heterocycles. The third-order valence-corrected chi connectivity index (χ3v) is 3.33. The molecular weight excluding hydrogens is 351 g/mol. The highest BCUT2D eigenvalue weighted by molar-refractivity contribution is 5.91. The number of carbonyl (C=O) groups excluding carboxylic acids is 1. The Labute approximate surface area is 157 Å². The van der Waals surface area contributed by atoms with Gasteiger partial charge in [-0.25, -0.2) is 4.39 Å². The summed E-state index contributed by atoms with van der Waals surface area (Å²) in [5, 5.41) is 6.37. The van der Waals surface area contributed by atoms with Crippen molar-refractivity contribution >= 4 is 17.8 Å². The normalized spacial score (nSPS) is 10.6. The summed E-state index contributed by atoms with van der Waals surface area (Å²) in [6.45, 7) is 4.80. The molecule has 0 saturated carbocycles. The van der Waals surface area contributed by atoms with E-state index in [0.717, 1.165) is 12.0 Å². The molecule has 0 aliphatic heterocycles. The molecule has 27 heavy (non-hydrogen) atoms. The van der Waals surface area contributed by atoms with Crippen molar-refractivity contribution in [1.29, 1.82) is 0 Å². The Morgan fingerprint density at radius 2 is 1.89 bits per heavy atom. The number of nitrogens with one attached hydrogen (secondary N) is 1. The van der Waals surface area contributed by atoms with Crippen molar-refractivity contribution in [3.63, 3.8) is 0 Å². The average molecular weight is 374 g/mol. The van der Waals surface area contributed by atoms with Crippen molar-refractivity contribution in [1.82, 2.24) is 0 Å². The van der Waals surface area contributed by atoms with Crippen LogP contribution in [0.4, 0.5) is 10.1 Å². The lowest BCUT2D eigenvalue weighted by Crippen LogP contribution is -2.16. The van der Waals surface area contributed by atoms with Gasteiger partial charge in [-0.2, -0.15) is 0 Å². The Morgan fingerprint density at radius 1 is 1.11 bits per heavy atom. The number of rotatable bonds is 10. The number of ether oxygens (including phenoxy) is 2. The molecule has 6 nitrogen and oxygen atoms in total. The number of carbonyl (C=O) groups is 1. The van der Waals surface area contributed by atoms with Crippen molar-refractivity contribution in [2.45, 2.75) is 20.3 Å². The zero-order chi connectivity index (χ0) is 19.5. The summed E-state index contributed by atoms with van der Waals surface area (Å²) in [6, 6.07) is 10.9. The molecular formula is C20H23FN2O4. The molecule has 0 radical (unpaired) electrons. The SMILES string of the molecule is CCCOc1ccc(/C=N/OCC(=O)Nc2ccc(F)cc2)cc1OCC. The van der Waals surface area contributed by atoms with Crippen molar-refractivity contribution in [3.05, 3.63) is 53.8 Å². The summed E-state index contributed by atoms with van der Waals surface area (Å²) in [5.41, 5.74) is 1.24.